The van der Waals surface area contributed by atoms with Crippen molar-refractivity contribution in [2.24, 2.45) is 0 Å². The summed E-state index contributed by atoms with van der Waals surface area (Å²) in [5.74, 6) is 1.09. The van der Waals surface area contributed by atoms with E-state index >= 15 is 0 Å². The molecule has 204 valence electrons. The number of anilines is 2. The van der Waals surface area contributed by atoms with Crippen LogP contribution >= 0.6 is 11.3 Å². The number of rotatable bonds is 7. The molecule has 4 heterocycles. The molecule has 3 aromatic heterocycles. The number of fused-ring (bicyclic) bond motifs is 1. The van der Waals surface area contributed by atoms with Crippen molar-refractivity contribution in [3.63, 3.8) is 0 Å². The number of nitrogens with zero attached hydrogens (tertiary/aromatic N) is 4. The number of piperazine rings is 1. The van der Waals surface area contributed by atoms with Gasteiger partial charge in [-0.3, -0.25) is 4.90 Å². The Morgan fingerprint density at radius 2 is 1.90 bits per heavy atom. The molecule has 0 bridgehead atoms. The van der Waals surface area contributed by atoms with E-state index in [1.807, 2.05) is 29.0 Å². The number of amides is 2. The number of aromatic nitrogens is 2. The van der Waals surface area contributed by atoms with Crippen LogP contribution in [-0.2, 0) is 6.18 Å². The average Bonchev–Trinajstić information content (AvgIpc) is 3.48. The van der Waals surface area contributed by atoms with Gasteiger partial charge in [-0.05, 0) is 46.7 Å². The molecule has 1 aliphatic rings. The first-order chi connectivity index (χ1) is 18.8. The normalized spacial score (nSPS) is 14.4. The molecule has 1 saturated heterocycles. The molecule has 1 aliphatic heterocycles. The van der Waals surface area contributed by atoms with Gasteiger partial charge in [0.05, 0.1) is 18.3 Å². The molecule has 1 fully saturated rings. The number of halogens is 3. The molecule has 4 aromatic rings. The summed E-state index contributed by atoms with van der Waals surface area (Å²) in [4.78, 5) is 25.2. The van der Waals surface area contributed by atoms with E-state index < -0.39 is 11.9 Å². The van der Waals surface area contributed by atoms with E-state index in [2.05, 4.69) is 25.5 Å². The molecule has 1 aromatic carbocycles. The highest BCUT2D eigenvalue weighted by atomic mass is 32.1. The van der Waals surface area contributed by atoms with Gasteiger partial charge in [-0.25, -0.2) is 14.8 Å². The Hall–Kier alpha value is -3.90. The number of thiophene rings is 1. The number of methoxy groups -OCH3 is 1. The predicted molar refractivity (Wildman–Crippen MR) is 146 cm³/mol. The van der Waals surface area contributed by atoms with Gasteiger partial charge in [0.15, 0.2) is 0 Å². The summed E-state index contributed by atoms with van der Waals surface area (Å²) in [6, 6.07) is 11.3. The number of carbonyl (C=O) groups excluding carboxylic acids is 1. The zero-order valence-electron chi connectivity index (χ0n) is 21.2. The van der Waals surface area contributed by atoms with E-state index in [1.54, 1.807) is 30.3 Å². The fourth-order valence-corrected chi connectivity index (χ4v) is 5.15. The van der Waals surface area contributed by atoms with Gasteiger partial charge >= 0.3 is 12.2 Å². The molecule has 2 amide bonds. The summed E-state index contributed by atoms with van der Waals surface area (Å²) in [6.45, 7) is 3.76. The fraction of sp³-hybridized carbons (Fsp3) is 0.296. The van der Waals surface area contributed by atoms with Crippen LogP contribution in [0.4, 0.5) is 29.5 Å². The Bertz CT molecular complexity index is 1440. The molecule has 2 N–H and O–H groups in total. The van der Waals surface area contributed by atoms with Crippen LogP contribution in [0.2, 0.25) is 0 Å². The van der Waals surface area contributed by atoms with Gasteiger partial charge in [-0.2, -0.15) is 24.5 Å². The quantitative estimate of drug-likeness (QED) is 0.306. The van der Waals surface area contributed by atoms with E-state index in [1.165, 1.54) is 17.4 Å². The standard InChI is InChI=1S/C27H27F3N6O2S/c1-38-22-5-3-2-4-21(22)33-26(37)36-13-11-35(12-14-36)10-9-31-25-19-6-7-23(27(28,29)30)34-24(19)20(16-32-25)18-8-15-39-17-18/h2-8,15-17H,9-14H2,1H3,(H,31,32)(H,33,37). The Morgan fingerprint density at radius 3 is 2.62 bits per heavy atom. The second-order valence-corrected chi connectivity index (χ2v) is 9.79. The van der Waals surface area contributed by atoms with Gasteiger partial charge in [0.25, 0.3) is 0 Å². The van der Waals surface area contributed by atoms with E-state index in [9.17, 15) is 18.0 Å². The zero-order valence-corrected chi connectivity index (χ0v) is 22.0. The first-order valence-corrected chi connectivity index (χ1v) is 13.3. The number of hydrogen-bond acceptors (Lipinski definition) is 7. The van der Waals surface area contributed by atoms with Gasteiger partial charge in [0.2, 0.25) is 0 Å². The minimum absolute atomic E-state index is 0.176. The molecule has 0 spiro atoms. The second kappa shape index (κ2) is 11.5. The van der Waals surface area contributed by atoms with Crippen LogP contribution in [0.1, 0.15) is 5.69 Å². The van der Waals surface area contributed by atoms with E-state index in [0.29, 0.717) is 67.5 Å². The van der Waals surface area contributed by atoms with Crippen LogP contribution < -0.4 is 15.4 Å². The fourth-order valence-electron chi connectivity index (χ4n) is 4.49. The molecular weight excluding hydrogens is 529 g/mol. The second-order valence-electron chi connectivity index (χ2n) is 9.01. The molecule has 0 saturated carbocycles. The van der Waals surface area contributed by atoms with Crippen molar-refractivity contribution in [3.8, 4) is 16.9 Å². The van der Waals surface area contributed by atoms with Crippen LogP contribution in [0.5, 0.6) is 5.75 Å². The number of nitrogens with one attached hydrogen (secondary N) is 2. The summed E-state index contributed by atoms with van der Waals surface area (Å²) >= 11 is 1.46. The van der Waals surface area contributed by atoms with Gasteiger partial charge < -0.3 is 20.3 Å². The zero-order chi connectivity index (χ0) is 27.4. The molecule has 0 unspecified atom stereocenters. The molecular formula is C27H27F3N6O2S. The summed E-state index contributed by atoms with van der Waals surface area (Å²) in [7, 11) is 1.56. The van der Waals surface area contributed by atoms with Crippen LogP contribution in [0.3, 0.4) is 0 Å². The van der Waals surface area contributed by atoms with Crippen molar-refractivity contribution in [1.82, 2.24) is 19.8 Å². The highest BCUT2D eigenvalue weighted by molar-refractivity contribution is 7.08. The van der Waals surface area contributed by atoms with E-state index in [0.717, 1.165) is 11.6 Å². The summed E-state index contributed by atoms with van der Waals surface area (Å²) in [5, 5.41) is 10.4. The van der Waals surface area contributed by atoms with Crippen molar-refractivity contribution >= 4 is 39.8 Å². The number of hydrogen-bond donors (Lipinski definition) is 2. The third-order valence-electron chi connectivity index (χ3n) is 6.58. The Kier molecular flexibility index (Phi) is 7.84. The molecule has 8 nitrogen and oxygen atoms in total. The molecule has 5 rings (SSSR count). The first kappa shape index (κ1) is 26.7. The maximum Gasteiger partial charge on any atom is 0.433 e. The minimum Gasteiger partial charge on any atom is -0.495 e. The average molecular weight is 557 g/mol. The number of carbonyl (C=O) groups is 1. The van der Waals surface area contributed by atoms with Gasteiger partial charge in [0.1, 0.15) is 17.3 Å². The van der Waals surface area contributed by atoms with E-state index in [4.69, 9.17) is 4.74 Å². The third kappa shape index (κ3) is 6.07. The minimum atomic E-state index is -4.54. The van der Waals surface area contributed by atoms with Gasteiger partial charge in [0, 0.05) is 56.4 Å². The van der Waals surface area contributed by atoms with E-state index in [-0.39, 0.29) is 11.5 Å². The van der Waals surface area contributed by atoms with Crippen molar-refractivity contribution in [3.05, 3.63) is 65.1 Å². The van der Waals surface area contributed by atoms with Crippen LogP contribution in [0.25, 0.3) is 22.0 Å². The monoisotopic (exact) mass is 556 g/mol. The van der Waals surface area contributed by atoms with Crippen molar-refractivity contribution in [2.45, 2.75) is 6.18 Å². The lowest BCUT2D eigenvalue weighted by atomic mass is 10.1. The SMILES string of the molecule is COc1ccccc1NC(=O)N1CCN(CCNc2ncc(-c3ccsc3)c3nc(C(F)(F)F)ccc23)CC1. The summed E-state index contributed by atoms with van der Waals surface area (Å²) in [6.07, 6.45) is -2.97. The highest BCUT2D eigenvalue weighted by Gasteiger charge is 2.33. The molecule has 12 heteroatoms. The Morgan fingerprint density at radius 1 is 1.10 bits per heavy atom. The topological polar surface area (TPSA) is 82.6 Å². The van der Waals surface area contributed by atoms with Crippen LogP contribution in [-0.4, -0.2) is 72.2 Å². The lowest BCUT2D eigenvalue weighted by Gasteiger charge is -2.34. The number of urea groups is 1. The smallest absolute Gasteiger partial charge is 0.433 e. The molecule has 0 radical (unpaired) electrons. The molecule has 0 aliphatic carbocycles. The number of benzene rings is 1. The highest BCUT2D eigenvalue weighted by Crippen LogP contribution is 2.35. The third-order valence-corrected chi connectivity index (χ3v) is 7.26. The van der Waals surface area contributed by atoms with Crippen molar-refractivity contribution < 1.29 is 22.7 Å². The molecule has 0 atom stereocenters. The maximum atomic E-state index is 13.4. The number of ether oxygens (including phenoxy) is 1. The van der Waals surface area contributed by atoms with Crippen LogP contribution in [0.15, 0.2) is 59.4 Å². The van der Waals surface area contributed by atoms with Crippen molar-refractivity contribution in [1.29, 1.82) is 0 Å². The van der Waals surface area contributed by atoms with Gasteiger partial charge in [-0.1, -0.05) is 12.1 Å². The maximum absolute atomic E-state index is 13.4. The summed E-state index contributed by atoms with van der Waals surface area (Å²) in [5.41, 5.74) is 1.29. The predicted octanol–water partition coefficient (Wildman–Crippen LogP) is 5.65. The van der Waals surface area contributed by atoms with Crippen molar-refractivity contribution in [2.75, 3.05) is 57.0 Å². The Labute approximate surface area is 227 Å². The van der Waals surface area contributed by atoms with Gasteiger partial charge in [-0.15, -0.1) is 0 Å². The van der Waals surface area contributed by atoms with Crippen LogP contribution in [0, 0.1) is 0 Å². The lowest BCUT2D eigenvalue weighted by Crippen LogP contribution is -2.50. The Balaban J connectivity index is 1.20. The number of pyridine rings is 2. The summed E-state index contributed by atoms with van der Waals surface area (Å²) < 4.78 is 45.5. The molecule has 39 heavy (non-hydrogen) atoms. The first-order valence-electron chi connectivity index (χ1n) is 12.4. The lowest BCUT2D eigenvalue weighted by molar-refractivity contribution is -0.140. The number of alkyl halides is 3. The largest absolute Gasteiger partial charge is 0.495 e. The number of para-hydroxylation sites is 2.